The lowest BCUT2D eigenvalue weighted by Crippen LogP contribution is -2.51. The molecular weight excluding hydrogens is 488 g/mol. The van der Waals surface area contributed by atoms with Gasteiger partial charge in [-0.2, -0.15) is 0 Å². The molecule has 0 spiro atoms. The van der Waals surface area contributed by atoms with E-state index >= 15 is 0 Å². The summed E-state index contributed by atoms with van der Waals surface area (Å²) in [6, 6.07) is 20.1. The molecular formula is C38H42O2. The molecule has 3 saturated carbocycles. The van der Waals surface area contributed by atoms with E-state index in [1.54, 1.807) is 0 Å². The molecule has 3 fully saturated rings. The fourth-order valence-electron chi connectivity index (χ4n) is 10.6. The largest absolute Gasteiger partial charge is 0.393 e. The number of carbonyl (C=O) groups is 1. The molecule has 8 rings (SSSR count). The van der Waals surface area contributed by atoms with Gasteiger partial charge in [-0.1, -0.05) is 80.1 Å². The van der Waals surface area contributed by atoms with Gasteiger partial charge in [0.1, 0.15) is 5.78 Å². The molecule has 0 bridgehead atoms. The number of aryl methyl sites for hydroxylation is 1. The predicted molar refractivity (Wildman–Crippen MR) is 165 cm³/mol. The minimum Gasteiger partial charge on any atom is -0.393 e. The number of ketones is 1. The number of rotatable bonds is 4. The number of aliphatic hydroxyl groups is 1. The molecule has 2 nitrogen and oxygen atoms in total. The predicted octanol–water partition coefficient (Wildman–Crippen LogP) is 9.03. The van der Waals surface area contributed by atoms with Gasteiger partial charge in [0.25, 0.3) is 0 Å². The van der Waals surface area contributed by atoms with Crippen LogP contribution in [0.2, 0.25) is 0 Å². The summed E-state index contributed by atoms with van der Waals surface area (Å²) in [6.07, 6.45) is 12.7. The van der Waals surface area contributed by atoms with Crippen LogP contribution < -0.4 is 0 Å². The van der Waals surface area contributed by atoms with Gasteiger partial charge in [0.05, 0.1) is 6.10 Å². The van der Waals surface area contributed by atoms with Gasteiger partial charge in [0, 0.05) is 12.3 Å². The number of fused-ring (bicyclic) bond motifs is 5. The van der Waals surface area contributed by atoms with Crippen LogP contribution in [0.5, 0.6) is 0 Å². The fourth-order valence-corrected chi connectivity index (χ4v) is 10.6. The van der Waals surface area contributed by atoms with Gasteiger partial charge in [-0.3, -0.25) is 4.79 Å². The molecule has 7 atom stereocenters. The first kappa shape index (κ1) is 25.0. The number of allylic oxidation sites excluding steroid dienone is 1. The average molecular weight is 531 g/mol. The van der Waals surface area contributed by atoms with Crippen molar-refractivity contribution in [3.8, 4) is 0 Å². The third kappa shape index (κ3) is 3.47. The Morgan fingerprint density at radius 3 is 2.50 bits per heavy atom. The molecule has 4 aliphatic rings. The van der Waals surface area contributed by atoms with Crippen molar-refractivity contribution in [1.29, 1.82) is 0 Å². The highest BCUT2D eigenvalue weighted by molar-refractivity contribution is 6.23. The van der Waals surface area contributed by atoms with Crippen LogP contribution >= 0.6 is 0 Å². The number of aliphatic hydroxyl groups excluding tert-OH is 1. The molecule has 0 aromatic heterocycles. The van der Waals surface area contributed by atoms with Crippen molar-refractivity contribution in [2.45, 2.75) is 84.2 Å². The van der Waals surface area contributed by atoms with Crippen LogP contribution in [0.3, 0.4) is 0 Å². The van der Waals surface area contributed by atoms with Crippen LogP contribution in [0.25, 0.3) is 32.3 Å². The molecule has 206 valence electrons. The van der Waals surface area contributed by atoms with Crippen molar-refractivity contribution in [2.24, 2.45) is 34.5 Å². The van der Waals surface area contributed by atoms with Crippen LogP contribution in [-0.2, 0) is 11.2 Å². The van der Waals surface area contributed by atoms with Crippen molar-refractivity contribution in [3.05, 3.63) is 71.8 Å². The lowest BCUT2D eigenvalue weighted by atomic mass is 9.47. The highest BCUT2D eigenvalue weighted by Crippen LogP contribution is 2.66. The molecule has 4 aromatic carbocycles. The number of hydrogen-bond acceptors (Lipinski definition) is 2. The third-order valence-electron chi connectivity index (χ3n) is 12.7. The van der Waals surface area contributed by atoms with Crippen LogP contribution in [-0.4, -0.2) is 17.0 Å². The Labute approximate surface area is 238 Å². The fraction of sp³-hybridized carbons (Fsp3) is 0.500. The zero-order chi connectivity index (χ0) is 27.2. The van der Waals surface area contributed by atoms with E-state index in [0.29, 0.717) is 24.0 Å². The van der Waals surface area contributed by atoms with Crippen molar-refractivity contribution in [2.75, 3.05) is 0 Å². The summed E-state index contributed by atoms with van der Waals surface area (Å²) < 4.78 is 0. The first-order valence-electron chi connectivity index (χ1n) is 15.9. The first-order valence-corrected chi connectivity index (χ1v) is 15.9. The molecule has 0 saturated heterocycles. The van der Waals surface area contributed by atoms with E-state index in [1.165, 1.54) is 62.7 Å². The smallest absolute Gasteiger partial charge is 0.136 e. The Hall–Kier alpha value is -2.71. The second-order valence-corrected chi connectivity index (χ2v) is 14.4. The van der Waals surface area contributed by atoms with E-state index in [9.17, 15) is 9.90 Å². The lowest BCUT2D eigenvalue weighted by Gasteiger charge is -2.58. The van der Waals surface area contributed by atoms with Crippen molar-refractivity contribution >= 4 is 38.1 Å². The van der Waals surface area contributed by atoms with Crippen molar-refractivity contribution in [3.63, 3.8) is 0 Å². The van der Waals surface area contributed by atoms with Gasteiger partial charge < -0.3 is 5.11 Å². The van der Waals surface area contributed by atoms with E-state index in [4.69, 9.17) is 0 Å². The average Bonchev–Trinajstić information content (AvgIpc) is 3.32. The minimum atomic E-state index is -0.147. The van der Waals surface area contributed by atoms with Gasteiger partial charge in [0.15, 0.2) is 0 Å². The monoisotopic (exact) mass is 530 g/mol. The molecule has 0 radical (unpaired) electrons. The summed E-state index contributed by atoms with van der Waals surface area (Å²) in [6.45, 7) is 4.98. The standard InChI is InChI=1S/C38H42O2/c1-37-19-17-28(39)22-27(37)12-13-30-31-14-15-33(38(31,2)20-18-32(30)37)34(40)16-11-25-21-26-7-3-5-23-9-10-24-6-4-8-29(25)36(24)35(23)26/h3-10,12,21,28,30-33,39H,11,13-20,22H2,1-2H3/t28-,30-,31-,32-,33+,37-,38-/m0/s1. The molecule has 4 aromatic rings. The van der Waals surface area contributed by atoms with Crippen molar-refractivity contribution in [1.82, 2.24) is 0 Å². The molecule has 1 N–H and O–H groups in total. The van der Waals surface area contributed by atoms with E-state index in [-0.39, 0.29) is 22.9 Å². The Balaban J connectivity index is 1.05. The van der Waals surface area contributed by atoms with Crippen molar-refractivity contribution < 1.29 is 9.90 Å². The third-order valence-corrected chi connectivity index (χ3v) is 12.7. The summed E-state index contributed by atoms with van der Waals surface area (Å²) in [5.41, 5.74) is 3.27. The maximum Gasteiger partial charge on any atom is 0.136 e. The van der Waals surface area contributed by atoms with Gasteiger partial charge in [0.2, 0.25) is 0 Å². The normalized spacial score (nSPS) is 35.5. The quantitative estimate of drug-likeness (QED) is 0.211. The second-order valence-electron chi connectivity index (χ2n) is 14.4. The lowest BCUT2D eigenvalue weighted by molar-refractivity contribution is -0.129. The van der Waals surface area contributed by atoms with Crippen LogP contribution in [0.4, 0.5) is 0 Å². The number of benzene rings is 4. The summed E-state index contributed by atoms with van der Waals surface area (Å²) >= 11 is 0. The Morgan fingerprint density at radius 1 is 0.875 bits per heavy atom. The minimum absolute atomic E-state index is 0.146. The molecule has 0 aliphatic heterocycles. The summed E-state index contributed by atoms with van der Waals surface area (Å²) in [7, 11) is 0. The number of carbonyl (C=O) groups excluding carboxylic acids is 1. The van der Waals surface area contributed by atoms with Crippen LogP contribution in [0.1, 0.15) is 77.2 Å². The molecule has 0 heterocycles. The summed E-state index contributed by atoms with van der Waals surface area (Å²) in [5, 5.41) is 18.3. The summed E-state index contributed by atoms with van der Waals surface area (Å²) in [5.74, 6) is 2.81. The van der Waals surface area contributed by atoms with E-state index in [0.717, 1.165) is 44.4 Å². The highest BCUT2D eigenvalue weighted by Gasteiger charge is 2.59. The molecule has 0 amide bonds. The zero-order valence-corrected chi connectivity index (χ0v) is 24.1. The molecule has 0 unspecified atom stereocenters. The number of Topliss-reactive ketones (excluding diaryl/α,β-unsaturated/α-hetero) is 1. The maximum atomic E-state index is 14.0. The van der Waals surface area contributed by atoms with Gasteiger partial charge in [-0.15, -0.1) is 0 Å². The van der Waals surface area contributed by atoms with Crippen LogP contribution in [0.15, 0.2) is 66.2 Å². The zero-order valence-electron chi connectivity index (χ0n) is 24.1. The second kappa shape index (κ2) is 8.89. The molecule has 4 aliphatic carbocycles. The van der Waals surface area contributed by atoms with Gasteiger partial charge in [-0.25, -0.2) is 0 Å². The Morgan fingerprint density at radius 2 is 1.65 bits per heavy atom. The van der Waals surface area contributed by atoms with Crippen LogP contribution in [0, 0.1) is 34.5 Å². The topological polar surface area (TPSA) is 37.3 Å². The van der Waals surface area contributed by atoms with E-state index in [2.05, 4.69) is 74.5 Å². The highest BCUT2D eigenvalue weighted by atomic mass is 16.3. The Bertz CT molecular complexity index is 1660. The first-order chi connectivity index (χ1) is 19.4. The van der Waals surface area contributed by atoms with E-state index < -0.39 is 0 Å². The molecule has 2 heteroatoms. The van der Waals surface area contributed by atoms with E-state index in [1.807, 2.05) is 0 Å². The molecule has 40 heavy (non-hydrogen) atoms. The van der Waals surface area contributed by atoms with Gasteiger partial charge >= 0.3 is 0 Å². The Kier molecular flexibility index (Phi) is 5.57. The summed E-state index contributed by atoms with van der Waals surface area (Å²) in [4.78, 5) is 14.0. The maximum absolute atomic E-state index is 14.0. The van der Waals surface area contributed by atoms with Gasteiger partial charge in [-0.05, 0) is 124 Å². The SMILES string of the molecule is C[C@]12CC[C@H]3[C@@H](CC=C4C[C@@H](O)CC[C@@]43C)[C@@H]1CC[C@@H]2C(=O)CCc1cc2cccc3ccc4cccc1c4c32. The number of hydrogen-bond donors (Lipinski definition) is 1.